The number of aromatic nitrogens is 2. The van der Waals surface area contributed by atoms with Crippen LogP contribution in [0.5, 0.6) is 5.75 Å². The number of anilines is 2. The summed E-state index contributed by atoms with van der Waals surface area (Å²) in [6.07, 6.45) is 8.23. The zero-order valence-corrected chi connectivity index (χ0v) is 31.3. The minimum absolute atomic E-state index is 0.0539. The van der Waals surface area contributed by atoms with Crippen molar-refractivity contribution in [1.82, 2.24) is 29.8 Å². The smallest absolute Gasteiger partial charge is 0.311 e. The number of piperazine rings is 1. The van der Waals surface area contributed by atoms with Crippen molar-refractivity contribution < 1.29 is 28.8 Å². The molecule has 0 radical (unpaired) electrons. The number of ether oxygens (including phenoxy) is 1. The van der Waals surface area contributed by atoms with E-state index in [9.17, 15) is 29.3 Å². The van der Waals surface area contributed by atoms with Crippen molar-refractivity contribution in [2.75, 3.05) is 75.8 Å². The van der Waals surface area contributed by atoms with Crippen molar-refractivity contribution in [2.24, 2.45) is 13.0 Å². The SMILES string of the molecule is COc1cc(N2CCC(N3CCC(CN4CCN(c5ccc6c(c5)C(=O)N(C5CCC(=O)NC5=O)C6=O)CC4)CC3)CC2)c(-c2cnn(C)c2)cc1[N+](=O)[O-]. The number of aryl methyl sites for hydroxylation is 1. The third-order valence-corrected chi connectivity index (χ3v) is 12.2. The number of nitro groups is 1. The Kier molecular flexibility index (Phi) is 10.0. The lowest BCUT2D eigenvalue weighted by Gasteiger charge is -2.44. The van der Waals surface area contributed by atoms with Crippen molar-refractivity contribution in [3.8, 4) is 16.9 Å². The number of rotatable bonds is 9. The van der Waals surface area contributed by atoms with Gasteiger partial charge < -0.3 is 19.4 Å². The number of fused-ring (bicyclic) bond motifs is 1. The molecule has 0 saturated carbocycles. The van der Waals surface area contributed by atoms with Gasteiger partial charge in [0, 0.05) is 106 Å². The van der Waals surface area contributed by atoms with Crippen LogP contribution in [0.15, 0.2) is 42.7 Å². The average Bonchev–Trinajstić information content (AvgIpc) is 3.74. The summed E-state index contributed by atoms with van der Waals surface area (Å²) >= 11 is 0. The van der Waals surface area contributed by atoms with Gasteiger partial charge >= 0.3 is 5.69 Å². The molecule has 3 aromatic rings. The Morgan fingerprint density at radius 2 is 1.58 bits per heavy atom. The Bertz CT molecular complexity index is 2010. The highest BCUT2D eigenvalue weighted by molar-refractivity contribution is 6.23. The Balaban J connectivity index is 0.815. The summed E-state index contributed by atoms with van der Waals surface area (Å²) in [7, 11) is 3.31. The molecule has 8 rings (SSSR count). The van der Waals surface area contributed by atoms with Gasteiger partial charge in [0.25, 0.3) is 11.8 Å². The number of imide groups is 2. The van der Waals surface area contributed by atoms with Crippen LogP contribution in [0.25, 0.3) is 11.1 Å². The lowest BCUT2D eigenvalue weighted by atomic mass is 9.92. The van der Waals surface area contributed by atoms with Gasteiger partial charge in [-0.3, -0.25) is 49.1 Å². The summed E-state index contributed by atoms with van der Waals surface area (Å²) in [5.41, 5.74) is 4.02. The number of hydrogen-bond acceptors (Lipinski definition) is 12. The van der Waals surface area contributed by atoms with E-state index in [-0.39, 0.29) is 30.2 Å². The van der Waals surface area contributed by atoms with E-state index < -0.39 is 28.7 Å². The van der Waals surface area contributed by atoms with E-state index in [0.29, 0.717) is 23.1 Å². The molecular weight excluding hydrogens is 706 g/mol. The number of carbonyl (C=O) groups excluding carboxylic acids is 4. The Labute approximate surface area is 319 Å². The minimum atomic E-state index is -0.969. The van der Waals surface area contributed by atoms with Crippen molar-refractivity contribution >= 4 is 40.7 Å². The zero-order chi connectivity index (χ0) is 38.4. The number of benzene rings is 2. The molecule has 5 aliphatic rings. The molecule has 4 saturated heterocycles. The largest absolute Gasteiger partial charge is 0.490 e. The predicted octanol–water partition coefficient (Wildman–Crippen LogP) is 2.91. The molecule has 1 N–H and O–H groups in total. The van der Waals surface area contributed by atoms with Gasteiger partial charge in [0.15, 0.2) is 5.75 Å². The summed E-state index contributed by atoms with van der Waals surface area (Å²) in [6.45, 7) is 8.41. The van der Waals surface area contributed by atoms with Gasteiger partial charge in [0.1, 0.15) is 6.04 Å². The van der Waals surface area contributed by atoms with Crippen LogP contribution in [-0.4, -0.2) is 131 Å². The van der Waals surface area contributed by atoms with E-state index >= 15 is 0 Å². The highest BCUT2D eigenvalue weighted by atomic mass is 16.6. The summed E-state index contributed by atoms with van der Waals surface area (Å²) in [5.74, 6) is -1.06. The second kappa shape index (κ2) is 15.1. The Hall–Kier alpha value is -5.35. The standard InChI is InChI=1S/C39H47N9O7/c1-42-24-26(22-40-42)30-20-34(48(53)54)35(55-2)21-33(30)46-13-9-27(10-14-46)44-11-7-25(8-12-44)23-43-15-17-45(18-16-43)28-3-4-29-31(19-28)39(52)47(38(29)51)32-5-6-36(49)41-37(32)50/h3-4,19-22,24-25,27,32H,5-18,23H2,1-2H3,(H,41,49,50). The van der Waals surface area contributed by atoms with E-state index in [1.807, 2.05) is 19.3 Å². The molecule has 4 fully saturated rings. The number of nitrogens with one attached hydrogen (secondary N) is 1. The van der Waals surface area contributed by atoms with Gasteiger partial charge in [-0.25, -0.2) is 0 Å². The first kappa shape index (κ1) is 36.6. The maximum Gasteiger partial charge on any atom is 0.311 e. The molecule has 16 nitrogen and oxygen atoms in total. The molecule has 1 aromatic heterocycles. The fraction of sp³-hybridized carbons (Fsp3) is 0.513. The van der Waals surface area contributed by atoms with Crippen LogP contribution in [0.4, 0.5) is 17.1 Å². The Morgan fingerprint density at radius 3 is 2.24 bits per heavy atom. The third kappa shape index (κ3) is 7.15. The van der Waals surface area contributed by atoms with Crippen LogP contribution in [0.3, 0.4) is 0 Å². The van der Waals surface area contributed by atoms with E-state index in [0.717, 1.165) is 112 Å². The van der Waals surface area contributed by atoms with Crippen LogP contribution >= 0.6 is 0 Å². The molecule has 0 bridgehead atoms. The number of amides is 4. The normalized spacial score (nSPS) is 22.0. The van der Waals surface area contributed by atoms with Crippen LogP contribution < -0.4 is 19.9 Å². The average molecular weight is 754 g/mol. The van der Waals surface area contributed by atoms with Crippen molar-refractivity contribution in [1.29, 1.82) is 0 Å². The van der Waals surface area contributed by atoms with Crippen LogP contribution in [0.2, 0.25) is 0 Å². The fourth-order valence-corrected chi connectivity index (χ4v) is 9.10. The molecule has 6 heterocycles. The molecule has 1 atom stereocenters. The summed E-state index contributed by atoms with van der Waals surface area (Å²) in [6, 6.07) is 8.31. The Morgan fingerprint density at radius 1 is 0.855 bits per heavy atom. The van der Waals surface area contributed by atoms with Gasteiger partial charge in [-0.05, 0) is 69.3 Å². The monoisotopic (exact) mass is 753 g/mol. The third-order valence-electron chi connectivity index (χ3n) is 12.2. The number of nitro benzene ring substituents is 1. The van der Waals surface area contributed by atoms with Gasteiger partial charge in [0.05, 0.1) is 29.4 Å². The maximum absolute atomic E-state index is 13.3. The van der Waals surface area contributed by atoms with Crippen molar-refractivity contribution in [3.63, 3.8) is 0 Å². The van der Waals surface area contributed by atoms with Crippen LogP contribution in [-0.2, 0) is 16.6 Å². The molecule has 4 amide bonds. The first-order valence-corrected chi connectivity index (χ1v) is 19.2. The predicted molar refractivity (Wildman–Crippen MR) is 203 cm³/mol. The molecule has 0 aliphatic carbocycles. The van der Waals surface area contributed by atoms with E-state index in [2.05, 4.69) is 30.0 Å². The molecule has 55 heavy (non-hydrogen) atoms. The molecule has 290 valence electrons. The summed E-state index contributed by atoms with van der Waals surface area (Å²) < 4.78 is 7.15. The number of piperidine rings is 3. The lowest BCUT2D eigenvalue weighted by Crippen LogP contribution is -2.54. The molecule has 0 spiro atoms. The van der Waals surface area contributed by atoms with Crippen molar-refractivity contribution in [3.05, 3.63) is 64.0 Å². The maximum atomic E-state index is 13.3. The first-order valence-electron chi connectivity index (χ1n) is 19.2. The fourth-order valence-electron chi connectivity index (χ4n) is 9.10. The lowest BCUT2D eigenvalue weighted by molar-refractivity contribution is -0.385. The molecule has 5 aliphatic heterocycles. The zero-order valence-electron chi connectivity index (χ0n) is 31.3. The van der Waals surface area contributed by atoms with Gasteiger partial charge in [-0.15, -0.1) is 0 Å². The van der Waals surface area contributed by atoms with Crippen molar-refractivity contribution in [2.45, 2.75) is 50.6 Å². The summed E-state index contributed by atoms with van der Waals surface area (Å²) in [4.78, 5) is 72.7. The topological polar surface area (TPSA) is 167 Å². The molecular formula is C39H47N9O7. The number of carbonyl (C=O) groups is 4. The second-order valence-electron chi connectivity index (χ2n) is 15.4. The second-order valence-corrected chi connectivity index (χ2v) is 15.4. The highest BCUT2D eigenvalue weighted by Crippen LogP contribution is 2.41. The number of hydrogen-bond donors (Lipinski definition) is 1. The molecule has 1 unspecified atom stereocenters. The van der Waals surface area contributed by atoms with Crippen LogP contribution in [0.1, 0.15) is 59.2 Å². The quantitative estimate of drug-likeness (QED) is 0.193. The van der Waals surface area contributed by atoms with Crippen LogP contribution in [0, 0.1) is 16.0 Å². The van der Waals surface area contributed by atoms with Gasteiger partial charge in [0.2, 0.25) is 11.8 Å². The van der Waals surface area contributed by atoms with E-state index in [1.54, 1.807) is 35.1 Å². The summed E-state index contributed by atoms with van der Waals surface area (Å²) in [5, 5.41) is 18.4. The highest BCUT2D eigenvalue weighted by Gasteiger charge is 2.45. The molecule has 2 aromatic carbocycles. The van der Waals surface area contributed by atoms with E-state index in [4.69, 9.17) is 4.74 Å². The first-order chi connectivity index (χ1) is 26.6. The number of likely N-dealkylation sites (tertiary alicyclic amines) is 1. The minimum Gasteiger partial charge on any atom is -0.490 e. The number of nitrogens with zero attached hydrogens (tertiary/aromatic N) is 8. The molecule has 16 heteroatoms. The van der Waals surface area contributed by atoms with Gasteiger partial charge in [-0.1, -0.05) is 0 Å². The number of methoxy groups -OCH3 is 1. The van der Waals surface area contributed by atoms with Gasteiger partial charge in [-0.2, -0.15) is 5.10 Å². The van der Waals surface area contributed by atoms with E-state index in [1.165, 1.54) is 7.11 Å².